The molecule has 3 aromatic rings. The molecular formula is C24H27ClN4O. The molecule has 30 heavy (non-hydrogen) atoms. The number of nitrogens with one attached hydrogen (secondary N) is 1. The lowest BCUT2D eigenvalue weighted by Crippen LogP contribution is -2.36. The Morgan fingerprint density at radius 2 is 1.73 bits per heavy atom. The third-order valence-corrected chi connectivity index (χ3v) is 5.68. The molecule has 0 aliphatic heterocycles. The van der Waals surface area contributed by atoms with Gasteiger partial charge in [0.05, 0.1) is 22.5 Å². The van der Waals surface area contributed by atoms with E-state index in [1.165, 1.54) is 0 Å². The summed E-state index contributed by atoms with van der Waals surface area (Å²) in [6.07, 6.45) is 2.14. The van der Waals surface area contributed by atoms with Gasteiger partial charge in [0.2, 0.25) is 5.91 Å². The lowest BCUT2D eigenvalue weighted by Gasteiger charge is -2.23. The maximum atomic E-state index is 13.1. The summed E-state index contributed by atoms with van der Waals surface area (Å²) in [6, 6.07) is 15.5. The average Bonchev–Trinajstić information content (AvgIpc) is 2.75. The van der Waals surface area contributed by atoms with Crippen LogP contribution in [0.3, 0.4) is 0 Å². The molecule has 0 bridgehead atoms. The first-order chi connectivity index (χ1) is 14.4. The van der Waals surface area contributed by atoms with E-state index in [1.54, 1.807) is 6.20 Å². The molecular weight excluding hydrogens is 396 g/mol. The zero-order chi connectivity index (χ0) is 21.7. The van der Waals surface area contributed by atoms with E-state index in [-0.39, 0.29) is 23.8 Å². The van der Waals surface area contributed by atoms with Crippen LogP contribution in [0.4, 0.5) is 0 Å². The number of aromatic nitrogens is 3. The minimum atomic E-state index is -0.264. The van der Waals surface area contributed by atoms with Crippen molar-refractivity contribution >= 4 is 17.5 Å². The summed E-state index contributed by atoms with van der Waals surface area (Å²) in [4.78, 5) is 26.6. The molecule has 0 aliphatic carbocycles. The molecule has 1 N–H and O–H groups in total. The number of hydrogen-bond acceptors (Lipinski definition) is 4. The van der Waals surface area contributed by atoms with Crippen LogP contribution < -0.4 is 5.32 Å². The fraction of sp³-hybridized carbons (Fsp3) is 0.333. The van der Waals surface area contributed by atoms with Gasteiger partial charge in [0.25, 0.3) is 0 Å². The number of amides is 1. The number of rotatable bonds is 7. The normalized spacial score (nSPS) is 13.1. The Balaban J connectivity index is 1.84. The number of pyridine rings is 1. The van der Waals surface area contributed by atoms with E-state index < -0.39 is 0 Å². The minimum absolute atomic E-state index is 0.00642. The van der Waals surface area contributed by atoms with Crippen molar-refractivity contribution in [1.82, 2.24) is 20.3 Å². The predicted octanol–water partition coefficient (Wildman–Crippen LogP) is 5.19. The molecule has 0 radical (unpaired) electrons. The van der Waals surface area contributed by atoms with Crippen molar-refractivity contribution in [3.05, 3.63) is 76.7 Å². The van der Waals surface area contributed by atoms with Gasteiger partial charge in [0, 0.05) is 18.5 Å². The van der Waals surface area contributed by atoms with E-state index in [1.807, 2.05) is 76.2 Å². The SMILES string of the molecule is Cc1nc(-c2ccccn2)nc(CC(C(=O)NC(C)c2ccccc2)C(C)C)c1Cl. The summed E-state index contributed by atoms with van der Waals surface area (Å²) in [5.74, 6) is 0.373. The summed E-state index contributed by atoms with van der Waals surface area (Å²) in [7, 11) is 0. The maximum Gasteiger partial charge on any atom is 0.224 e. The molecule has 2 heterocycles. The number of benzene rings is 1. The molecule has 1 aromatic carbocycles. The second kappa shape index (κ2) is 9.81. The molecule has 2 unspecified atom stereocenters. The number of halogens is 1. The predicted molar refractivity (Wildman–Crippen MR) is 120 cm³/mol. The van der Waals surface area contributed by atoms with Crippen LogP contribution >= 0.6 is 11.6 Å². The minimum Gasteiger partial charge on any atom is -0.349 e. The van der Waals surface area contributed by atoms with Crippen molar-refractivity contribution in [2.75, 3.05) is 0 Å². The van der Waals surface area contributed by atoms with Crippen molar-refractivity contribution in [3.63, 3.8) is 0 Å². The quantitative estimate of drug-likeness (QED) is 0.568. The van der Waals surface area contributed by atoms with Crippen LogP contribution in [0.15, 0.2) is 54.7 Å². The zero-order valence-corrected chi connectivity index (χ0v) is 18.5. The number of carbonyl (C=O) groups excluding carboxylic acids is 1. The highest BCUT2D eigenvalue weighted by atomic mass is 35.5. The van der Waals surface area contributed by atoms with Gasteiger partial charge >= 0.3 is 0 Å². The first-order valence-electron chi connectivity index (χ1n) is 10.2. The molecule has 0 aliphatic rings. The van der Waals surface area contributed by atoms with Crippen molar-refractivity contribution in [2.24, 2.45) is 11.8 Å². The van der Waals surface area contributed by atoms with Crippen LogP contribution in [0.2, 0.25) is 5.02 Å². The first kappa shape index (κ1) is 21.9. The third-order valence-electron chi connectivity index (χ3n) is 5.19. The smallest absolute Gasteiger partial charge is 0.224 e. The lowest BCUT2D eigenvalue weighted by atomic mass is 9.89. The second-order valence-electron chi connectivity index (χ2n) is 7.80. The maximum absolute atomic E-state index is 13.1. The third kappa shape index (κ3) is 5.22. The van der Waals surface area contributed by atoms with Crippen LogP contribution in [0, 0.1) is 18.8 Å². The first-order valence-corrected chi connectivity index (χ1v) is 10.5. The Labute approximate surface area is 183 Å². The summed E-state index contributed by atoms with van der Waals surface area (Å²) < 4.78 is 0. The molecule has 5 nitrogen and oxygen atoms in total. The van der Waals surface area contributed by atoms with Gasteiger partial charge < -0.3 is 5.32 Å². The molecule has 6 heteroatoms. The Kier molecular flexibility index (Phi) is 7.16. The Morgan fingerprint density at radius 3 is 2.37 bits per heavy atom. The summed E-state index contributed by atoms with van der Waals surface area (Å²) >= 11 is 6.53. The van der Waals surface area contributed by atoms with Gasteiger partial charge in [-0.25, -0.2) is 9.97 Å². The van der Waals surface area contributed by atoms with Gasteiger partial charge in [-0.15, -0.1) is 0 Å². The molecule has 2 aromatic heterocycles. The number of hydrogen-bond donors (Lipinski definition) is 1. The Morgan fingerprint density at radius 1 is 1.03 bits per heavy atom. The summed E-state index contributed by atoms with van der Waals surface area (Å²) in [5, 5.41) is 3.64. The van der Waals surface area contributed by atoms with E-state index in [2.05, 4.69) is 20.3 Å². The van der Waals surface area contributed by atoms with E-state index in [0.717, 1.165) is 5.56 Å². The van der Waals surface area contributed by atoms with Gasteiger partial charge in [-0.3, -0.25) is 9.78 Å². The van der Waals surface area contributed by atoms with Gasteiger partial charge in [-0.05, 0) is 37.5 Å². The standard InChI is InChI=1S/C24H27ClN4O/c1-15(2)19(24(30)28-16(3)18-10-6-5-7-11-18)14-21-22(25)17(4)27-23(29-21)20-12-8-9-13-26-20/h5-13,15-16,19H,14H2,1-4H3,(H,28,30). The summed E-state index contributed by atoms with van der Waals surface area (Å²) in [5.41, 5.74) is 3.11. The van der Waals surface area contributed by atoms with Gasteiger partial charge in [-0.1, -0.05) is 61.8 Å². The molecule has 2 atom stereocenters. The Bertz CT molecular complexity index is 993. The molecule has 156 valence electrons. The monoisotopic (exact) mass is 422 g/mol. The zero-order valence-electron chi connectivity index (χ0n) is 17.8. The molecule has 1 amide bonds. The molecule has 0 saturated heterocycles. The highest BCUT2D eigenvalue weighted by Crippen LogP contribution is 2.27. The van der Waals surface area contributed by atoms with Gasteiger partial charge in [0.1, 0.15) is 5.69 Å². The van der Waals surface area contributed by atoms with Crippen molar-refractivity contribution in [3.8, 4) is 11.5 Å². The van der Waals surface area contributed by atoms with Crippen molar-refractivity contribution in [1.29, 1.82) is 0 Å². The highest BCUT2D eigenvalue weighted by molar-refractivity contribution is 6.31. The lowest BCUT2D eigenvalue weighted by molar-refractivity contribution is -0.127. The largest absolute Gasteiger partial charge is 0.349 e. The van der Waals surface area contributed by atoms with Crippen molar-refractivity contribution in [2.45, 2.75) is 40.2 Å². The van der Waals surface area contributed by atoms with Crippen LogP contribution in [-0.2, 0) is 11.2 Å². The molecule has 0 fully saturated rings. The van der Waals surface area contributed by atoms with E-state index >= 15 is 0 Å². The average molecular weight is 423 g/mol. The highest BCUT2D eigenvalue weighted by Gasteiger charge is 2.26. The fourth-order valence-electron chi connectivity index (χ4n) is 3.35. The van der Waals surface area contributed by atoms with Gasteiger partial charge in [-0.2, -0.15) is 0 Å². The second-order valence-corrected chi connectivity index (χ2v) is 8.18. The van der Waals surface area contributed by atoms with Crippen LogP contribution in [-0.4, -0.2) is 20.9 Å². The van der Waals surface area contributed by atoms with Crippen LogP contribution in [0.1, 0.15) is 43.8 Å². The number of aryl methyl sites for hydroxylation is 1. The fourth-order valence-corrected chi connectivity index (χ4v) is 3.51. The number of carbonyl (C=O) groups is 1. The van der Waals surface area contributed by atoms with Crippen molar-refractivity contribution < 1.29 is 4.79 Å². The number of nitrogens with zero attached hydrogens (tertiary/aromatic N) is 3. The van der Waals surface area contributed by atoms with E-state index in [9.17, 15) is 4.79 Å². The molecule has 0 saturated carbocycles. The molecule has 0 spiro atoms. The van der Waals surface area contributed by atoms with Gasteiger partial charge in [0.15, 0.2) is 5.82 Å². The molecule has 3 rings (SSSR count). The van der Waals surface area contributed by atoms with Crippen LogP contribution in [0.5, 0.6) is 0 Å². The Hall–Kier alpha value is -2.79. The topological polar surface area (TPSA) is 67.8 Å². The summed E-state index contributed by atoms with van der Waals surface area (Å²) in [6.45, 7) is 7.92. The van der Waals surface area contributed by atoms with E-state index in [0.29, 0.717) is 34.3 Å². The van der Waals surface area contributed by atoms with Crippen LogP contribution in [0.25, 0.3) is 11.5 Å². The van der Waals surface area contributed by atoms with E-state index in [4.69, 9.17) is 11.6 Å².